The summed E-state index contributed by atoms with van der Waals surface area (Å²) >= 11 is 0. The highest BCUT2D eigenvalue weighted by Gasteiger charge is 2.43. The van der Waals surface area contributed by atoms with E-state index in [2.05, 4.69) is 10.1 Å². The fourth-order valence-corrected chi connectivity index (χ4v) is 2.46. The zero-order valence-corrected chi connectivity index (χ0v) is 11.1. The summed E-state index contributed by atoms with van der Waals surface area (Å²) in [4.78, 5) is 4.49. The second-order valence-electron chi connectivity index (χ2n) is 5.05. The molecule has 0 spiro atoms. The van der Waals surface area contributed by atoms with Crippen LogP contribution in [0.4, 0.5) is 5.69 Å². The SMILES string of the molecule is COC1(c2noc(-c3ccc(N)cc3C)n2)CCC1. The minimum absolute atomic E-state index is 0.344. The Morgan fingerprint density at radius 3 is 2.74 bits per heavy atom. The van der Waals surface area contributed by atoms with E-state index in [9.17, 15) is 0 Å². The van der Waals surface area contributed by atoms with E-state index in [4.69, 9.17) is 15.0 Å². The zero-order valence-electron chi connectivity index (χ0n) is 11.1. The molecule has 0 atom stereocenters. The Labute approximate surface area is 111 Å². The molecule has 0 radical (unpaired) electrons. The van der Waals surface area contributed by atoms with E-state index in [1.807, 2.05) is 25.1 Å². The van der Waals surface area contributed by atoms with Gasteiger partial charge in [0.05, 0.1) is 0 Å². The molecule has 0 unspecified atom stereocenters. The van der Waals surface area contributed by atoms with Crippen LogP contribution in [-0.4, -0.2) is 17.3 Å². The van der Waals surface area contributed by atoms with Gasteiger partial charge in [0.25, 0.3) is 5.89 Å². The van der Waals surface area contributed by atoms with E-state index < -0.39 is 0 Å². The number of ether oxygens (including phenoxy) is 1. The van der Waals surface area contributed by atoms with Crippen LogP contribution >= 0.6 is 0 Å². The zero-order chi connectivity index (χ0) is 13.5. The van der Waals surface area contributed by atoms with Crippen molar-refractivity contribution in [3.63, 3.8) is 0 Å². The third-order valence-electron chi connectivity index (χ3n) is 3.87. The monoisotopic (exact) mass is 259 g/mol. The minimum atomic E-state index is -0.344. The number of anilines is 1. The molecule has 0 saturated heterocycles. The standard InChI is InChI=1S/C14H17N3O2/c1-9-8-10(15)4-5-11(9)12-16-13(17-19-12)14(18-2)6-3-7-14/h4-5,8H,3,6-7,15H2,1-2H3. The molecule has 1 aromatic heterocycles. The van der Waals surface area contributed by atoms with Gasteiger partial charge in [-0.2, -0.15) is 4.98 Å². The molecule has 0 aliphatic heterocycles. The average molecular weight is 259 g/mol. The number of nitrogens with two attached hydrogens (primary N) is 1. The average Bonchev–Trinajstić information content (AvgIpc) is 2.78. The van der Waals surface area contributed by atoms with Crippen molar-refractivity contribution < 1.29 is 9.26 Å². The van der Waals surface area contributed by atoms with Crippen molar-refractivity contribution in [2.24, 2.45) is 0 Å². The van der Waals surface area contributed by atoms with E-state index in [1.165, 1.54) is 0 Å². The quantitative estimate of drug-likeness (QED) is 0.858. The first-order valence-corrected chi connectivity index (χ1v) is 6.40. The highest BCUT2D eigenvalue weighted by Crippen LogP contribution is 2.43. The van der Waals surface area contributed by atoms with Gasteiger partial charge >= 0.3 is 0 Å². The molecule has 1 aliphatic carbocycles. The van der Waals surface area contributed by atoms with Crippen LogP contribution in [0.1, 0.15) is 30.7 Å². The van der Waals surface area contributed by atoms with Crippen molar-refractivity contribution in [3.8, 4) is 11.5 Å². The van der Waals surface area contributed by atoms with Gasteiger partial charge in [-0.1, -0.05) is 5.16 Å². The van der Waals surface area contributed by atoms with Crippen LogP contribution in [-0.2, 0) is 10.3 Å². The number of benzene rings is 1. The molecule has 1 heterocycles. The molecule has 1 aliphatic rings. The molecule has 0 amide bonds. The van der Waals surface area contributed by atoms with Crippen molar-refractivity contribution in [2.75, 3.05) is 12.8 Å². The first kappa shape index (κ1) is 12.2. The summed E-state index contributed by atoms with van der Waals surface area (Å²) in [5.41, 5.74) is 8.07. The maximum atomic E-state index is 5.75. The van der Waals surface area contributed by atoms with Gasteiger partial charge in [-0.25, -0.2) is 0 Å². The summed E-state index contributed by atoms with van der Waals surface area (Å²) in [6, 6.07) is 5.64. The van der Waals surface area contributed by atoms with E-state index >= 15 is 0 Å². The first-order valence-electron chi connectivity index (χ1n) is 6.40. The normalized spacial score (nSPS) is 17.2. The Morgan fingerprint density at radius 1 is 1.37 bits per heavy atom. The van der Waals surface area contributed by atoms with Gasteiger partial charge in [-0.15, -0.1) is 0 Å². The molecule has 100 valence electrons. The third kappa shape index (κ3) is 1.90. The van der Waals surface area contributed by atoms with Crippen molar-refractivity contribution in [1.29, 1.82) is 0 Å². The Morgan fingerprint density at radius 2 is 2.16 bits per heavy atom. The summed E-state index contributed by atoms with van der Waals surface area (Å²) < 4.78 is 10.9. The van der Waals surface area contributed by atoms with E-state index in [0.29, 0.717) is 11.7 Å². The largest absolute Gasteiger partial charge is 0.399 e. The fourth-order valence-electron chi connectivity index (χ4n) is 2.46. The van der Waals surface area contributed by atoms with Gasteiger partial charge in [-0.3, -0.25) is 0 Å². The summed E-state index contributed by atoms with van der Waals surface area (Å²) in [6.45, 7) is 1.98. The van der Waals surface area contributed by atoms with Gasteiger partial charge in [-0.05, 0) is 49.9 Å². The van der Waals surface area contributed by atoms with Crippen molar-refractivity contribution >= 4 is 5.69 Å². The minimum Gasteiger partial charge on any atom is -0.399 e. The molecule has 1 aromatic carbocycles. The van der Waals surface area contributed by atoms with E-state index in [0.717, 1.165) is 36.1 Å². The van der Waals surface area contributed by atoms with Crippen molar-refractivity contribution in [1.82, 2.24) is 10.1 Å². The highest BCUT2D eigenvalue weighted by atomic mass is 16.5. The smallest absolute Gasteiger partial charge is 0.258 e. The maximum absolute atomic E-state index is 5.75. The Balaban J connectivity index is 1.97. The Hall–Kier alpha value is -1.88. The van der Waals surface area contributed by atoms with Gasteiger partial charge in [0.15, 0.2) is 0 Å². The number of aryl methyl sites for hydroxylation is 1. The molecule has 1 fully saturated rings. The Bertz CT molecular complexity index is 597. The fraction of sp³-hybridized carbons (Fsp3) is 0.429. The molecule has 2 aromatic rings. The summed E-state index contributed by atoms with van der Waals surface area (Å²) in [5.74, 6) is 1.17. The number of nitrogens with zero attached hydrogens (tertiary/aromatic N) is 2. The van der Waals surface area contributed by atoms with Crippen molar-refractivity contribution in [3.05, 3.63) is 29.6 Å². The topological polar surface area (TPSA) is 74.2 Å². The molecule has 0 bridgehead atoms. The van der Waals surface area contributed by atoms with E-state index in [1.54, 1.807) is 7.11 Å². The lowest BCUT2D eigenvalue weighted by Gasteiger charge is -2.37. The molecule has 19 heavy (non-hydrogen) atoms. The van der Waals surface area contributed by atoms with Crippen LogP contribution in [0.5, 0.6) is 0 Å². The van der Waals surface area contributed by atoms with Crippen molar-refractivity contribution in [2.45, 2.75) is 31.8 Å². The highest BCUT2D eigenvalue weighted by molar-refractivity contribution is 5.62. The number of nitrogen functional groups attached to an aromatic ring is 1. The van der Waals surface area contributed by atoms with Crippen LogP contribution in [0.25, 0.3) is 11.5 Å². The van der Waals surface area contributed by atoms with Gasteiger partial charge in [0.2, 0.25) is 5.82 Å². The Kier molecular flexibility index (Phi) is 2.78. The molecule has 2 N–H and O–H groups in total. The second-order valence-corrected chi connectivity index (χ2v) is 5.05. The molecule has 3 rings (SSSR count). The van der Waals surface area contributed by atoms with Gasteiger partial charge < -0.3 is 15.0 Å². The van der Waals surface area contributed by atoms with Crippen LogP contribution in [0.2, 0.25) is 0 Å². The molecule has 1 saturated carbocycles. The summed E-state index contributed by atoms with van der Waals surface area (Å²) in [5, 5.41) is 4.08. The number of methoxy groups -OCH3 is 1. The van der Waals surface area contributed by atoms with Crippen LogP contribution in [0, 0.1) is 6.92 Å². The van der Waals surface area contributed by atoms with E-state index in [-0.39, 0.29) is 5.60 Å². The molecular weight excluding hydrogens is 242 g/mol. The predicted octanol–water partition coefficient (Wildman–Crippen LogP) is 2.65. The van der Waals surface area contributed by atoms with Crippen LogP contribution < -0.4 is 5.73 Å². The van der Waals surface area contributed by atoms with Gasteiger partial charge in [0.1, 0.15) is 5.60 Å². The third-order valence-corrected chi connectivity index (χ3v) is 3.87. The predicted molar refractivity (Wildman–Crippen MR) is 71.4 cm³/mol. The van der Waals surface area contributed by atoms with Crippen LogP contribution in [0.3, 0.4) is 0 Å². The summed E-state index contributed by atoms with van der Waals surface area (Å²) in [7, 11) is 1.70. The van der Waals surface area contributed by atoms with Gasteiger partial charge in [0, 0.05) is 18.4 Å². The van der Waals surface area contributed by atoms with Crippen LogP contribution in [0.15, 0.2) is 22.7 Å². The first-order chi connectivity index (χ1) is 9.14. The molecule has 5 heteroatoms. The lowest BCUT2D eigenvalue weighted by atomic mass is 9.79. The number of hydrogen-bond acceptors (Lipinski definition) is 5. The number of aromatic nitrogens is 2. The summed E-state index contributed by atoms with van der Waals surface area (Å²) in [6.07, 6.45) is 3.03. The maximum Gasteiger partial charge on any atom is 0.258 e. The number of hydrogen-bond donors (Lipinski definition) is 1. The number of rotatable bonds is 3. The lowest BCUT2D eigenvalue weighted by Crippen LogP contribution is -2.37. The lowest BCUT2D eigenvalue weighted by molar-refractivity contribution is -0.0858. The molecular formula is C14H17N3O2. The molecule has 5 nitrogen and oxygen atoms in total. The second kappa shape index (κ2) is 4.35.